The lowest BCUT2D eigenvalue weighted by Gasteiger charge is -2.31. The lowest BCUT2D eigenvalue weighted by Crippen LogP contribution is -2.39. The minimum atomic E-state index is -0.178. The summed E-state index contributed by atoms with van der Waals surface area (Å²) >= 11 is 1.36. The molecule has 0 spiro atoms. The fourth-order valence-electron chi connectivity index (χ4n) is 2.90. The highest BCUT2D eigenvalue weighted by Crippen LogP contribution is 2.38. The summed E-state index contributed by atoms with van der Waals surface area (Å²) in [4.78, 5) is 17.0. The number of carbonyl (C=O) groups excluding carboxylic acids is 1. The number of anilines is 1. The van der Waals surface area contributed by atoms with Crippen LogP contribution in [-0.4, -0.2) is 21.8 Å². The number of benzene rings is 2. The van der Waals surface area contributed by atoms with Gasteiger partial charge in [0.05, 0.1) is 28.7 Å². The third-order valence-corrected chi connectivity index (χ3v) is 5.05. The van der Waals surface area contributed by atoms with Crippen molar-refractivity contribution in [3.8, 4) is 6.07 Å². The summed E-state index contributed by atoms with van der Waals surface area (Å²) in [6.07, 6.45) is 3.95. The molecule has 0 aromatic heterocycles. The van der Waals surface area contributed by atoms with Crippen LogP contribution < -0.4 is 10.7 Å². The van der Waals surface area contributed by atoms with Crippen LogP contribution in [0.2, 0.25) is 0 Å². The molecule has 0 saturated heterocycles. The largest absolute Gasteiger partial charge is 0.324 e. The van der Waals surface area contributed by atoms with E-state index in [1.807, 2.05) is 29.4 Å². The van der Waals surface area contributed by atoms with Crippen molar-refractivity contribution in [1.82, 2.24) is 10.4 Å². The first kappa shape index (κ1) is 16.2. The van der Waals surface area contributed by atoms with E-state index >= 15 is 0 Å². The lowest BCUT2D eigenvalue weighted by molar-refractivity contribution is -0.113. The van der Waals surface area contributed by atoms with Crippen molar-refractivity contribution in [2.45, 2.75) is 6.04 Å². The van der Waals surface area contributed by atoms with Crippen LogP contribution in [0.15, 0.2) is 65.8 Å². The van der Waals surface area contributed by atoms with Crippen LogP contribution in [-0.2, 0) is 4.79 Å². The highest BCUT2D eigenvalue weighted by molar-refractivity contribution is 8.14. The van der Waals surface area contributed by atoms with Crippen LogP contribution in [0.4, 0.5) is 11.4 Å². The number of hydrogen-bond acceptors (Lipinski definition) is 6. The summed E-state index contributed by atoms with van der Waals surface area (Å²) in [6, 6.07) is 17.1. The maximum Gasteiger partial charge on any atom is 0.234 e. The molecule has 6 nitrogen and oxygen atoms in total. The summed E-state index contributed by atoms with van der Waals surface area (Å²) in [6.45, 7) is 0. The maximum absolute atomic E-state index is 12.3. The number of thioether (sulfide) groups is 1. The van der Waals surface area contributed by atoms with Gasteiger partial charge in [0.25, 0.3) is 0 Å². The summed E-state index contributed by atoms with van der Waals surface area (Å²) in [5, 5.41) is 14.6. The third kappa shape index (κ3) is 3.03. The Hall–Kier alpha value is -3.24. The molecule has 2 N–H and O–H groups in total. The van der Waals surface area contributed by atoms with Crippen molar-refractivity contribution in [2.24, 2.45) is 4.99 Å². The first-order chi connectivity index (χ1) is 12.8. The molecule has 2 aromatic rings. The number of nitrogens with one attached hydrogen (secondary N) is 2. The van der Waals surface area contributed by atoms with Gasteiger partial charge in [-0.2, -0.15) is 5.26 Å². The number of nitrogens with zero attached hydrogens (tertiary/aromatic N) is 3. The molecule has 4 rings (SSSR count). The Bertz CT molecular complexity index is 962. The van der Waals surface area contributed by atoms with Gasteiger partial charge in [0.15, 0.2) is 5.17 Å². The lowest BCUT2D eigenvalue weighted by atomic mass is 10.0. The van der Waals surface area contributed by atoms with E-state index < -0.39 is 0 Å². The molecule has 2 aliphatic rings. The van der Waals surface area contributed by atoms with Crippen LogP contribution in [0.3, 0.4) is 0 Å². The Morgan fingerprint density at radius 3 is 2.96 bits per heavy atom. The molecule has 0 radical (unpaired) electrons. The summed E-state index contributed by atoms with van der Waals surface area (Å²) in [5.41, 5.74) is 6.18. The second-order valence-corrected chi connectivity index (χ2v) is 6.69. The van der Waals surface area contributed by atoms with Gasteiger partial charge >= 0.3 is 0 Å². The third-order valence-electron chi connectivity index (χ3n) is 4.10. The zero-order valence-corrected chi connectivity index (χ0v) is 14.5. The molecular weight excluding hydrogens is 346 g/mol. The molecule has 1 atom stereocenters. The van der Waals surface area contributed by atoms with Gasteiger partial charge in [-0.3, -0.25) is 9.80 Å². The Morgan fingerprint density at radius 2 is 2.08 bits per heavy atom. The summed E-state index contributed by atoms with van der Waals surface area (Å²) < 4.78 is 0. The van der Waals surface area contributed by atoms with Crippen LogP contribution in [0.5, 0.6) is 0 Å². The van der Waals surface area contributed by atoms with Crippen LogP contribution in [0.1, 0.15) is 17.2 Å². The van der Waals surface area contributed by atoms with Gasteiger partial charge < -0.3 is 10.7 Å². The number of aliphatic imine (C=N–C) groups is 1. The van der Waals surface area contributed by atoms with Crippen molar-refractivity contribution in [3.05, 3.63) is 71.9 Å². The molecule has 7 heteroatoms. The first-order valence-electron chi connectivity index (χ1n) is 8.08. The van der Waals surface area contributed by atoms with Gasteiger partial charge in [0, 0.05) is 11.8 Å². The van der Waals surface area contributed by atoms with E-state index in [1.54, 1.807) is 24.3 Å². The van der Waals surface area contributed by atoms with E-state index in [0.717, 1.165) is 16.4 Å². The number of carbonyl (C=O) groups is 1. The molecular formula is C19H15N5OS. The smallest absolute Gasteiger partial charge is 0.234 e. The van der Waals surface area contributed by atoms with E-state index in [0.29, 0.717) is 11.3 Å². The highest BCUT2D eigenvalue weighted by Gasteiger charge is 2.31. The summed E-state index contributed by atoms with van der Waals surface area (Å²) in [5.74, 6) is 0.0223. The van der Waals surface area contributed by atoms with Gasteiger partial charge in [-0.15, -0.1) is 0 Å². The Morgan fingerprint density at radius 1 is 1.27 bits per heavy atom. The van der Waals surface area contributed by atoms with Crippen LogP contribution >= 0.6 is 11.8 Å². The van der Waals surface area contributed by atoms with E-state index in [1.165, 1.54) is 11.8 Å². The minimum Gasteiger partial charge on any atom is -0.324 e. The number of rotatable bonds is 3. The maximum atomic E-state index is 12.3. The SMILES string of the molecule is N#Cc1ccccc1NC(=O)CSC1=Nc2ccccc2[C@H]2C=CNN12. The molecule has 0 bridgehead atoms. The topological polar surface area (TPSA) is 80.5 Å². The molecule has 1 amide bonds. The molecule has 26 heavy (non-hydrogen) atoms. The zero-order chi connectivity index (χ0) is 17.9. The monoisotopic (exact) mass is 361 g/mol. The Labute approximate surface area is 155 Å². The predicted octanol–water partition coefficient (Wildman–Crippen LogP) is 3.31. The average Bonchev–Trinajstić information content (AvgIpc) is 3.17. The standard InChI is InChI=1S/C19H15N5OS/c20-11-13-5-1-3-7-15(13)22-18(25)12-26-19-23-16-8-4-2-6-14(16)17-9-10-21-24(17)19/h1-10,17,21H,12H2,(H,22,25)/t17-/m1/s1. The Kier molecular flexibility index (Phi) is 4.33. The number of nitriles is 1. The zero-order valence-electron chi connectivity index (χ0n) is 13.7. The minimum absolute atomic E-state index is 0.0774. The normalized spacial score (nSPS) is 16.8. The highest BCUT2D eigenvalue weighted by atomic mass is 32.2. The van der Waals surface area contributed by atoms with Crippen molar-refractivity contribution < 1.29 is 4.79 Å². The fraction of sp³-hybridized carbons (Fsp3) is 0.105. The summed E-state index contributed by atoms with van der Waals surface area (Å²) in [7, 11) is 0. The number of para-hydroxylation sites is 2. The van der Waals surface area contributed by atoms with E-state index in [-0.39, 0.29) is 17.7 Å². The molecule has 0 unspecified atom stereocenters. The molecule has 2 aliphatic heterocycles. The quantitative estimate of drug-likeness (QED) is 0.877. The molecule has 0 aliphatic carbocycles. The number of hydrogen-bond donors (Lipinski definition) is 2. The van der Waals surface area contributed by atoms with Crippen molar-refractivity contribution in [1.29, 1.82) is 5.26 Å². The first-order valence-corrected chi connectivity index (χ1v) is 9.06. The predicted molar refractivity (Wildman–Crippen MR) is 103 cm³/mol. The molecule has 2 heterocycles. The van der Waals surface area contributed by atoms with Gasteiger partial charge in [-0.25, -0.2) is 4.99 Å². The van der Waals surface area contributed by atoms with Crippen LogP contribution in [0, 0.1) is 11.3 Å². The molecule has 0 fully saturated rings. The van der Waals surface area contributed by atoms with Gasteiger partial charge in [0.2, 0.25) is 5.91 Å². The van der Waals surface area contributed by atoms with Crippen molar-refractivity contribution in [2.75, 3.05) is 11.1 Å². The molecule has 128 valence electrons. The van der Waals surface area contributed by atoms with Gasteiger partial charge in [0.1, 0.15) is 6.07 Å². The average molecular weight is 361 g/mol. The van der Waals surface area contributed by atoms with E-state index in [4.69, 9.17) is 5.26 Å². The number of amidine groups is 1. The number of hydrazine groups is 1. The van der Waals surface area contributed by atoms with Crippen LogP contribution in [0.25, 0.3) is 0 Å². The Balaban J connectivity index is 1.47. The van der Waals surface area contributed by atoms with E-state index in [9.17, 15) is 4.79 Å². The second kappa shape index (κ2) is 6.94. The molecule has 2 aromatic carbocycles. The number of amides is 1. The fourth-order valence-corrected chi connectivity index (χ4v) is 3.70. The molecule has 0 saturated carbocycles. The second-order valence-electron chi connectivity index (χ2n) is 5.75. The number of fused-ring (bicyclic) bond motifs is 3. The van der Waals surface area contributed by atoms with Crippen molar-refractivity contribution in [3.63, 3.8) is 0 Å². The van der Waals surface area contributed by atoms with E-state index in [2.05, 4.69) is 33.9 Å². The van der Waals surface area contributed by atoms with Gasteiger partial charge in [-0.1, -0.05) is 42.1 Å². The van der Waals surface area contributed by atoms with Gasteiger partial charge in [-0.05, 0) is 24.3 Å². The van der Waals surface area contributed by atoms with Crippen molar-refractivity contribution >= 4 is 34.2 Å².